The van der Waals surface area contributed by atoms with Crippen LogP contribution in [0, 0.1) is 5.82 Å². The second-order valence-electron chi connectivity index (χ2n) is 7.69. The van der Waals surface area contributed by atoms with Crippen LogP contribution in [-0.2, 0) is 9.31 Å². The smallest absolute Gasteiger partial charge is 0.399 e. The molecule has 0 saturated carbocycles. The van der Waals surface area contributed by atoms with Gasteiger partial charge in [-0.2, -0.15) is 0 Å². The molecule has 1 aromatic rings. The Labute approximate surface area is 157 Å². The Balaban J connectivity index is 1.89. The minimum Gasteiger partial charge on any atom is -0.399 e. The maximum atomic E-state index is 15.0. The first-order valence-electron chi connectivity index (χ1n) is 8.76. The van der Waals surface area contributed by atoms with Crippen molar-refractivity contribution >= 4 is 30.4 Å². The summed E-state index contributed by atoms with van der Waals surface area (Å²) in [4.78, 5) is 0. The Morgan fingerprint density at radius 1 is 1.12 bits per heavy atom. The van der Waals surface area contributed by atoms with E-state index < -0.39 is 30.6 Å². The first-order chi connectivity index (χ1) is 12.1. The van der Waals surface area contributed by atoms with Gasteiger partial charge < -0.3 is 14.0 Å². The number of hydrogen-bond acceptors (Lipinski definition) is 5. The molecule has 144 valence electrons. The second-order valence-corrected chi connectivity index (χ2v) is 8.59. The predicted octanol–water partition coefficient (Wildman–Crippen LogP) is 4.13. The molecule has 26 heavy (non-hydrogen) atoms. The molecule has 2 heterocycles. The molecule has 0 radical (unpaired) electrons. The average Bonchev–Trinajstić information content (AvgIpc) is 3.12. The second kappa shape index (κ2) is 7.26. The normalized spacial score (nSPS) is 22.4. The van der Waals surface area contributed by atoms with E-state index in [1.807, 2.05) is 32.0 Å². The van der Waals surface area contributed by atoms with E-state index in [4.69, 9.17) is 9.31 Å². The average molecular weight is 388 g/mol. The molecule has 1 aromatic carbocycles. The Hall–Kier alpha value is -0.895. The first-order valence-corrected chi connectivity index (χ1v) is 9.53. The number of rotatable bonds is 5. The zero-order valence-electron chi connectivity index (χ0n) is 15.4. The van der Waals surface area contributed by atoms with Crippen LogP contribution in [0.1, 0.15) is 52.5 Å². The summed E-state index contributed by atoms with van der Waals surface area (Å²) in [7, 11) is -1.03. The van der Waals surface area contributed by atoms with Crippen LogP contribution in [0.3, 0.4) is 0 Å². The van der Waals surface area contributed by atoms with Crippen molar-refractivity contribution in [1.82, 2.24) is 4.31 Å². The molecule has 4 nitrogen and oxygen atoms in total. The Morgan fingerprint density at radius 3 is 2.23 bits per heavy atom. The zero-order valence-corrected chi connectivity index (χ0v) is 16.3. The van der Waals surface area contributed by atoms with Crippen LogP contribution in [0.4, 0.5) is 18.9 Å². The van der Waals surface area contributed by atoms with Crippen molar-refractivity contribution in [2.75, 3.05) is 17.8 Å². The highest BCUT2D eigenvalue weighted by Crippen LogP contribution is 2.37. The van der Waals surface area contributed by atoms with Crippen molar-refractivity contribution in [3.63, 3.8) is 0 Å². The third kappa shape index (κ3) is 3.86. The SMILES string of the molecule is CC1(C)OB(c2cc(C(F)F)cc(NSN3CCCC3)c2F)OC1(C)C. The van der Waals surface area contributed by atoms with Gasteiger partial charge in [0.15, 0.2) is 0 Å². The van der Waals surface area contributed by atoms with E-state index in [1.165, 1.54) is 12.1 Å². The summed E-state index contributed by atoms with van der Waals surface area (Å²) in [5.41, 5.74) is -1.61. The van der Waals surface area contributed by atoms with Crippen LogP contribution < -0.4 is 10.2 Å². The van der Waals surface area contributed by atoms with E-state index in [-0.39, 0.29) is 16.7 Å². The molecule has 0 unspecified atom stereocenters. The Morgan fingerprint density at radius 2 is 1.69 bits per heavy atom. The van der Waals surface area contributed by atoms with E-state index in [9.17, 15) is 8.78 Å². The van der Waals surface area contributed by atoms with Gasteiger partial charge in [0.2, 0.25) is 0 Å². The van der Waals surface area contributed by atoms with Crippen molar-refractivity contribution in [2.24, 2.45) is 0 Å². The lowest BCUT2D eigenvalue weighted by Gasteiger charge is -2.32. The maximum Gasteiger partial charge on any atom is 0.497 e. The third-order valence-electron chi connectivity index (χ3n) is 5.23. The summed E-state index contributed by atoms with van der Waals surface area (Å²) in [5.74, 6) is -0.625. The van der Waals surface area contributed by atoms with E-state index in [1.54, 1.807) is 0 Å². The molecule has 2 aliphatic heterocycles. The molecule has 2 fully saturated rings. The predicted molar refractivity (Wildman–Crippen MR) is 99.1 cm³/mol. The van der Waals surface area contributed by atoms with Crippen LogP contribution in [0.2, 0.25) is 0 Å². The van der Waals surface area contributed by atoms with Crippen LogP contribution in [0.15, 0.2) is 12.1 Å². The van der Waals surface area contributed by atoms with Crippen LogP contribution in [0.5, 0.6) is 0 Å². The molecule has 0 aromatic heterocycles. The number of halogens is 3. The molecule has 9 heteroatoms. The fourth-order valence-electron chi connectivity index (χ4n) is 2.91. The molecule has 2 aliphatic rings. The van der Waals surface area contributed by atoms with Gasteiger partial charge in [-0.25, -0.2) is 17.5 Å². The molecule has 0 amide bonds. The summed E-state index contributed by atoms with van der Waals surface area (Å²) in [6.07, 6.45) is -0.560. The van der Waals surface area contributed by atoms with Crippen LogP contribution in [-0.4, -0.2) is 35.7 Å². The summed E-state index contributed by atoms with van der Waals surface area (Å²) in [5, 5.41) is 0. The lowest BCUT2D eigenvalue weighted by Crippen LogP contribution is -2.41. The van der Waals surface area contributed by atoms with Crippen LogP contribution >= 0.6 is 12.1 Å². The molecule has 0 bridgehead atoms. The van der Waals surface area contributed by atoms with Gasteiger partial charge in [-0.3, -0.25) is 0 Å². The van der Waals surface area contributed by atoms with Crippen molar-refractivity contribution in [1.29, 1.82) is 0 Å². The van der Waals surface area contributed by atoms with E-state index in [2.05, 4.69) is 4.72 Å². The Bertz CT molecular complexity index is 654. The number of hydrogen-bond donors (Lipinski definition) is 1. The third-order valence-corrected chi connectivity index (χ3v) is 6.17. The van der Waals surface area contributed by atoms with Gasteiger partial charge in [-0.05, 0) is 46.6 Å². The number of benzene rings is 1. The number of nitrogens with one attached hydrogen (secondary N) is 1. The maximum absolute atomic E-state index is 15.0. The molecule has 0 aliphatic carbocycles. The van der Waals surface area contributed by atoms with Gasteiger partial charge >= 0.3 is 7.12 Å². The van der Waals surface area contributed by atoms with Crippen molar-refractivity contribution in [3.8, 4) is 0 Å². The number of alkyl halides is 2. The van der Waals surface area contributed by atoms with E-state index in [0.29, 0.717) is 0 Å². The summed E-state index contributed by atoms with van der Waals surface area (Å²) < 4.78 is 58.3. The molecule has 2 saturated heterocycles. The van der Waals surface area contributed by atoms with E-state index >= 15 is 4.39 Å². The number of anilines is 1. The Kier molecular flexibility index (Phi) is 5.54. The lowest BCUT2D eigenvalue weighted by atomic mass is 9.77. The van der Waals surface area contributed by atoms with E-state index in [0.717, 1.165) is 38.1 Å². The van der Waals surface area contributed by atoms with Crippen molar-refractivity contribution < 1.29 is 22.5 Å². The van der Waals surface area contributed by atoms with Crippen molar-refractivity contribution in [2.45, 2.75) is 58.2 Å². The summed E-state index contributed by atoms with van der Waals surface area (Å²) >= 11 is 1.24. The number of nitrogens with zero attached hydrogens (tertiary/aromatic N) is 1. The highest BCUT2D eigenvalue weighted by molar-refractivity contribution is 7.98. The standard InChI is InChI=1S/C17H24BF3N2O2S/c1-16(2)17(3,4)25-18(24-16)12-9-11(15(20)21)10-13(14(12)19)22-26-23-7-5-6-8-23/h9-10,15,22H,5-8H2,1-4H3. The minimum atomic E-state index is -2.71. The lowest BCUT2D eigenvalue weighted by molar-refractivity contribution is 0.00578. The van der Waals surface area contributed by atoms with Gasteiger partial charge in [0.1, 0.15) is 5.82 Å². The fourth-order valence-corrected chi connectivity index (χ4v) is 3.72. The molecular weight excluding hydrogens is 364 g/mol. The van der Waals surface area contributed by atoms with Gasteiger partial charge in [-0.15, -0.1) is 0 Å². The highest BCUT2D eigenvalue weighted by Gasteiger charge is 2.52. The highest BCUT2D eigenvalue weighted by atomic mass is 32.2. The monoisotopic (exact) mass is 388 g/mol. The molecule has 0 atom stereocenters. The quantitative estimate of drug-likeness (QED) is 0.606. The summed E-state index contributed by atoms with van der Waals surface area (Å²) in [6.45, 7) is 9.12. The molecular formula is C17H24BF3N2O2S. The van der Waals surface area contributed by atoms with Gasteiger partial charge in [0.05, 0.1) is 16.9 Å². The molecule has 1 N–H and O–H groups in total. The fraction of sp³-hybridized carbons (Fsp3) is 0.647. The van der Waals surface area contributed by atoms with Gasteiger partial charge in [0, 0.05) is 36.2 Å². The largest absolute Gasteiger partial charge is 0.497 e. The molecule has 0 spiro atoms. The molecule has 3 rings (SSSR count). The minimum absolute atomic E-state index is 0.00836. The summed E-state index contributed by atoms with van der Waals surface area (Å²) in [6, 6.07) is 2.28. The van der Waals surface area contributed by atoms with Crippen molar-refractivity contribution in [3.05, 3.63) is 23.5 Å². The van der Waals surface area contributed by atoms with Crippen LogP contribution in [0.25, 0.3) is 0 Å². The van der Waals surface area contributed by atoms with Gasteiger partial charge in [-0.1, -0.05) is 6.07 Å². The topological polar surface area (TPSA) is 33.7 Å². The zero-order chi connectivity index (χ0) is 19.1. The first kappa shape index (κ1) is 19.9. The van der Waals surface area contributed by atoms with Gasteiger partial charge in [0.25, 0.3) is 6.43 Å².